The highest BCUT2D eigenvalue weighted by Gasteiger charge is 2.39. The smallest absolute Gasteiger partial charge is 0.389 e. The maximum absolute atomic E-state index is 13.4. The van der Waals surface area contributed by atoms with Crippen LogP contribution in [-0.4, -0.2) is 35.6 Å². The van der Waals surface area contributed by atoms with Gasteiger partial charge in [-0.25, -0.2) is 9.18 Å². The van der Waals surface area contributed by atoms with E-state index >= 15 is 0 Å². The second kappa shape index (κ2) is 6.18. The van der Waals surface area contributed by atoms with Crippen LogP contribution in [-0.2, 0) is 9.53 Å². The van der Waals surface area contributed by atoms with Gasteiger partial charge in [0, 0.05) is 6.42 Å². The quantitative estimate of drug-likeness (QED) is 0.589. The summed E-state index contributed by atoms with van der Waals surface area (Å²) in [5.41, 5.74) is -2.14. The molecule has 17 heavy (non-hydrogen) atoms. The molecular weight excluding hydrogens is 244 g/mol. The standard InChI is InChI=1S/C10H16F4O3/c1-3-17-8(15)7(11)9(2,16)5-4-6-10(12,13)14/h7,16H,3-6H2,1-2H3. The summed E-state index contributed by atoms with van der Waals surface area (Å²) >= 11 is 0. The molecule has 2 atom stereocenters. The van der Waals surface area contributed by atoms with Crippen molar-refractivity contribution in [3.63, 3.8) is 0 Å². The Morgan fingerprint density at radius 1 is 1.35 bits per heavy atom. The van der Waals surface area contributed by atoms with Crippen LogP contribution < -0.4 is 0 Å². The van der Waals surface area contributed by atoms with Gasteiger partial charge in [0.1, 0.15) is 5.60 Å². The van der Waals surface area contributed by atoms with Gasteiger partial charge >= 0.3 is 12.1 Å². The summed E-state index contributed by atoms with van der Waals surface area (Å²) in [6.07, 6.45) is -8.73. The molecule has 0 rings (SSSR count). The van der Waals surface area contributed by atoms with Gasteiger partial charge in [-0.3, -0.25) is 0 Å². The number of carbonyl (C=O) groups excluding carboxylic acids is 1. The fourth-order valence-electron chi connectivity index (χ4n) is 1.24. The summed E-state index contributed by atoms with van der Waals surface area (Å²) in [5, 5.41) is 9.53. The SMILES string of the molecule is CCOC(=O)C(F)C(C)(O)CCCC(F)(F)F. The van der Waals surface area contributed by atoms with Crippen LogP contribution >= 0.6 is 0 Å². The molecule has 1 N–H and O–H groups in total. The Morgan fingerprint density at radius 2 is 1.88 bits per heavy atom. The molecule has 3 nitrogen and oxygen atoms in total. The van der Waals surface area contributed by atoms with Gasteiger partial charge in [-0.2, -0.15) is 13.2 Å². The molecule has 0 aliphatic rings. The number of carbonyl (C=O) groups is 1. The summed E-state index contributed by atoms with van der Waals surface area (Å²) in [4.78, 5) is 11.0. The number of alkyl halides is 4. The Hall–Kier alpha value is -0.850. The highest BCUT2D eigenvalue weighted by molar-refractivity contribution is 5.75. The molecule has 102 valence electrons. The molecule has 0 saturated carbocycles. The lowest BCUT2D eigenvalue weighted by Crippen LogP contribution is -2.42. The lowest BCUT2D eigenvalue weighted by Gasteiger charge is -2.25. The molecule has 2 unspecified atom stereocenters. The molecule has 0 aromatic carbocycles. The monoisotopic (exact) mass is 260 g/mol. The zero-order valence-corrected chi connectivity index (χ0v) is 9.68. The van der Waals surface area contributed by atoms with Crippen LogP contribution in [0.25, 0.3) is 0 Å². The second-order valence-electron chi connectivity index (χ2n) is 3.94. The van der Waals surface area contributed by atoms with Crippen molar-refractivity contribution in [1.82, 2.24) is 0 Å². The highest BCUT2D eigenvalue weighted by atomic mass is 19.4. The summed E-state index contributed by atoms with van der Waals surface area (Å²) in [7, 11) is 0. The number of aliphatic hydroxyl groups is 1. The largest absolute Gasteiger partial charge is 0.464 e. The van der Waals surface area contributed by atoms with E-state index in [0.29, 0.717) is 0 Å². The molecule has 0 spiro atoms. The number of hydrogen-bond donors (Lipinski definition) is 1. The van der Waals surface area contributed by atoms with Crippen LogP contribution in [0.15, 0.2) is 0 Å². The number of hydrogen-bond acceptors (Lipinski definition) is 3. The molecule has 0 aliphatic carbocycles. The van der Waals surface area contributed by atoms with Crippen LogP contribution in [0.2, 0.25) is 0 Å². The predicted octanol–water partition coefficient (Wildman–Crippen LogP) is 2.37. The van der Waals surface area contributed by atoms with Gasteiger partial charge in [-0.05, 0) is 26.7 Å². The molecule has 0 aliphatic heterocycles. The van der Waals surface area contributed by atoms with Crippen molar-refractivity contribution < 1.29 is 32.2 Å². The first-order chi connectivity index (χ1) is 7.60. The third kappa shape index (κ3) is 6.45. The number of rotatable bonds is 6. The van der Waals surface area contributed by atoms with Gasteiger partial charge in [0.15, 0.2) is 0 Å². The first-order valence-corrected chi connectivity index (χ1v) is 5.20. The molecule has 0 heterocycles. The molecule has 0 amide bonds. The summed E-state index contributed by atoms with van der Waals surface area (Å²) in [6.45, 7) is 2.38. The van der Waals surface area contributed by atoms with E-state index in [0.717, 1.165) is 6.92 Å². The fraction of sp³-hybridized carbons (Fsp3) is 0.900. The normalized spacial score (nSPS) is 17.4. The van der Waals surface area contributed by atoms with Gasteiger partial charge in [-0.1, -0.05) is 0 Å². The molecule has 7 heteroatoms. The van der Waals surface area contributed by atoms with Crippen molar-refractivity contribution in [2.75, 3.05) is 6.61 Å². The van der Waals surface area contributed by atoms with Gasteiger partial charge in [0.05, 0.1) is 6.61 Å². The lowest BCUT2D eigenvalue weighted by molar-refractivity contribution is -0.161. The minimum Gasteiger partial charge on any atom is -0.464 e. The van der Waals surface area contributed by atoms with Crippen molar-refractivity contribution in [2.45, 2.75) is 51.1 Å². The lowest BCUT2D eigenvalue weighted by atomic mass is 9.93. The van der Waals surface area contributed by atoms with E-state index in [1.54, 1.807) is 0 Å². The average Bonchev–Trinajstić information content (AvgIpc) is 2.14. The first-order valence-electron chi connectivity index (χ1n) is 5.20. The minimum absolute atomic E-state index is 0.0577. The molecule has 0 aromatic rings. The maximum atomic E-state index is 13.4. The average molecular weight is 260 g/mol. The highest BCUT2D eigenvalue weighted by Crippen LogP contribution is 2.27. The first kappa shape index (κ1) is 16.1. The Kier molecular flexibility index (Phi) is 5.87. The maximum Gasteiger partial charge on any atom is 0.389 e. The molecular formula is C10H16F4O3. The van der Waals surface area contributed by atoms with E-state index < -0.39 is 43.2 Å². The zero-order chi connectivity index (χ0) is 13.7. The predicted molar refractivity (Wildman–Crippen MR) is 52.1 cm³/mol. The molecule has 0 aromatic heterocycles. The molecule has 0 bridgehead atoms. The minimum atomic E-state index is -4.36. The summed E-state index contributed by atoms with van der Waals surface area (Å²) in [6, 6.07) is 0. The van der Waals surface area contributed by atoms with Gasteiger partial charge < -0.3 is 9.84 Å². The van der Waals surface area contributed by atoms with Crippen LogP contribution in [0.4, 0.5) is 17.6 Å². The van der Waals surface area contributed by atoms with Crippen molar-refractivity contribution in [1.29, 1.82) is 0 Å². The van der Waals surface area contributed by atoms with Crippen molar-refractivity contribution in [3.05, 3.63) is 0 Å². The Morgan fingerprint density at radius 3 is 2.29 bits per heavy atom. The van der Waals surface area contributed by atoms with E-state index in [-0.39, 0.29) is 6.61 Å². The Balaban J connectivity index is 4.22. The van der Waals surface area contributed by atoms with E-state index in [1.165, 1.54) is 6.92 Å². The molecule has 0 radical (unpaired) electrons. The number of esters is 1. The van der Waals surface area contributed by atoms with E-state index in [4.69, 9.17) is 0 Å². The van der Waals surface area contributed by atoms with Gasteiger partial charge in [0.2, 0.25) is 6.17 Å². The fourth-order valence-corrected chi connectivity index (χ4v) is 1.24. The van der Waals surface area contributed by atoms with Crippen molar-refractivity contribution >= 4 is 5.97 Å². The summed E-state index contributed by atoms with van der Waals surface area (Å²) in [5.74, 6) is -1.26. The van der Waals surface area contributed by atoms with Crippen molar-refractivity contribution in [3.8, 4) is 0 Å². The van der Waals surface area contributed by atoms with Crippen LogP contribution in [0.1, 0.15) is 33.1 Å². The second-order valence-corrected chi connectivity index (χ2v) is 3.94. The van der Waals surface area contributed by atoms with Crippen LogP contribution in [0.3, 0.4) is 0 Å². The summed E-state index contributed by atoms with van der Waals surface area (Å²) < 4.78 is 53.2. The van der Waals surface area contributed by atoms with E-state index in [2.05, 4.69) is 4.74 Å². The molecule has 0 saturated heterocycles. The topological polar surface area (TPSA) is 46.5 Å². The van der Waals surface area contributed by atoms with Crippen LogP contribution in [0, 0.1) is 0 Å². The zero-order valence-electron chi connectivity index (χ0n) is 9.68. The Bertz CT molecular complexity index is 250. The number of ether oxygens (including phenoxy) is 1. The van der Waals surface area contributed by atoms with Crippen LogP contribution in [0.5, 0.6) is 0 Å². The van der Waals surface area contributed by atoms with E-state index in [1.807, 2.05) is 0 Å². The third-order valence-corrected chi connectivity index (χ3v) is 2.18. The van der Waals surface area contributed by atoms with Crippen molar-refractivity contribution in [2.24, 2.45) is 0 Å². The number of halogens is 4. The molecule has 0 fully saturated rings. The van der Waals surface area contributed by atoms with E-state index in [9.17, 15) is 27.5 Å². The third-order valence-electron chi connectivity index (χ3n) is 2.18. The van der Waals surface area contributed by atoms with Gasteiger partial charge in [-0.15, -0.1) is 0 Å². The Labute approximate surface area is 96.8 Å². The van der Waals surface area contributed by atoms with Gasteiger partial charge in [0.25, 0.3) is 0 Å².